The number of aromatic nitrogens is 1. The van der Waals surface area contributed by atoms with Crippen LogP contribution in [-0.4, -0.2) is 55.4 Å². The molecule has 1 amide bonds. The number of benzene rings is 2. The molecule has 0 radical (unpaired) electrons. The van der Waals surface area contributed by atoms with E-state index in [2.05, 4.69) is 9.71 Å². The van der Waals surface area contributed by atoms with E-state index in [4.69, 9.17) is 4.74 Å². The average Bonchev–Trinajstić information content (AvgIpc) is 3.25. The number of nitro groups is 1. The van der Waals surface area contributed by atoms with Crippen molar-refractivity contribution in [2.24, 2.45) is 0 Å². The van der Waals surface area contributed by atoms with Crippen LogP contribution < -0.4 is 4.72 Å². The molecule has 2 heterocycles. The fraction of sp³-hybridized carbons (Fsp3) is 0.238. The smallest absolute Gasteiger partial charge is 0.270 e. The van der Waals surface area contributed by atoms with Crippen LogP contribution in [0.5, 0.6) is 0 Å². The topological polar surface area (TPSA) is 132 Å². The van der Waals surface area contributed by atoms with Crippen LogP contribution in [0.3, 0.4) is 0 Å². The third-order valence-electron chi connectivity index (χ3n) is 5.02. The molecule has 0 aliphatic carbocycles. The maximum Gasteiger partial charge on any atom is 0.270 e. The summed E-state index contributed by atoms with van der Waals surface area (Å²) in [6.07, 6.45) is 0.0934. The van der Waals surface area contributed by atoms with Gasteiger partial charge in [0.05, 0.1) is 35.1 Å². The largest absolute Gasteiger partial charge is 0.378 e. The van der Waals surface area contributed by atoms with Crippen molar-refractivity contribution in [3.8, 4) is 11.1 Å². The van der Waals surface area contributed by atoms with Crippen molar-refractivity contribution in [3.63, 3.8) is 0 Å². The number of carbonyl (C=O) groups excluding carboxylic acids is 1. The SMILES string of the molecule is O=C(Cc1csc(NS(=O)(=O)c2ccc(-c3cccc([N+](=O)[O-])c3)cc2)n1)N1CCOCC1. The van der Waals surface area contributed by atoms with Gasteiger partial charge >= 0.3 is 0 Å². The summed E-state index contributed by atoms with van der Waals surface area (Å²) in [5, 5.41) is 12.8. The van der Waals surface area contributed by atoms with Gasteiger partial charge in [0.2, 0.25) is 5.91 Å². The number of thiazole rings is 1. The van der Waals surface area contributed by atoms with Gasteiger partial charge in [-0.05, 0) is 23.3 Å². The summed E-state index contributed by atoms with van der Waals surface area (Å²) in [7, 11) is -3.89. The highest BCUT2D eigenvalue weighted by molar-refractivity contribution is 7.93. The molecule has 0 unspecified atom stereocenters. The lowest BCUT2D eigenvalue weighted by molar-refractivity contribution is -0.384. The van der Waals surface area contributed by atoms with Crippen molar-refractivity contribution in [1.82, 2.24) is 9.88 Å². The Labute approximate surface area is 194 Å². The first-order chi connectivity index (χ1) is 15.8. The quantitative estimate of drug-likeness (QED) is 0.399. The Morgan fingerprint density at radius 2 is 1.88 bits per heavy atom. The first-order valence-electron chi connectivity index (χ1n) is 9.99. The Kier molecular flexibility index (Phi) is 6.67. The number of anilines is 1. The lowest BCUT2D eigenvalue weighted by Crippen LogP contribution is -2.41. The van der Waals surface area contributed by atoms with Gasteiger partial charge in [0.15, 0.2) is 5.13 Å². The molecule has 0 bridgehead atoms. The number of nitro benzene ring substituents is 1. The number of ether oxygens (including phenoxy) is 1. The molecule has 1 aliphatic rings. The van der Waals surface area contributed by atoms with Crippen LogP contribution in [0.25, 0.3) is 11.1 Å². The van der Waals surface area contributed by atoms with Crippen LogP contribution in [0, 0.1) is 10.1 Å². The van der Waals surface area contributed by atoms with Crippen LogP contribution in [0.1, 0.15) is 5.69 Å². The standard InChI is InChI=1S/C21H20N4O6S2/c26-20(24-8-10-31-11-9-24)13-17-14-32-21(22-17)23-33(29,30)19-6-4-15(5-7-19)16-2-1-3-18(12-16)25(27)28/h1-7,12,14H,8-11,13H2,(H,22,23). The molecule has 0 atom stereocenters. The predicted molar refractivity (Wildman–Crippen MR) is 123 cm³/mol. The van der Waals surface area contributed by atoms with Crippen molar-refractivity contribution in [2.75, 3.05) is 31.0 Å². The third kappa shape index (κ3) is 5.53. The highest BCUT2D eigenvalue weighted by Crippen LogP contribution is 2.26. The molecule has 3 aromatic rings. The molecule has 1 aromatic heterocycles. The predicted octanol–water partition coefficient (Wildman–Crippen LogP) is 2.92. The van der Waals surface area contributed by atoms with E-state index in [1.807, 2.05) is 0 Å². The second kappa shape index (κ2) is 9.65. The van der Waals surface area contributed by atoms with Gasteiger partial charge in [0.1, 0.15) is 0 Å². The number of hydrogen-bond acceptors (Lipinski definition) is 8. The summed E-state index contributed by atoms with van der Waals surface area (Å²) in [6.45, 7) is 2.09. The monoisotopic (exact) mass is 488 g/mol. The zero-order valence-corrected chi connectivity index (χ0v) is 19.0. The fourth-order valence-corrected chi connectivity index (χ4v) is 5.28. The Hall–Kier alpha value is -3.35. The minimum absolute atomic E-state index is 0.0258. The lowest BCUT2D eigenvalue weighted by atomic mass is 10.1. The molecule has 10 nitrogen and oxygen atoms in total. The van der Waals surface area contributed by atoms with Gasteiger partial charge in [-0.3, -0.25) is 19.6 Å². The molecule has 2 aromatic carbocycles. The van der Waals surface area contributed by atoms with Crippen LogP contribution in [0.2, 0.25) is 0 Å². The molecule has 0 saturated carbocycles. The number of hydrogen-bond donors (Lipinski definition) is 1. The molecular formula is C21H20N4O6S2. The van der Waals surface area contributed by atoms with Crippen LogP contribution in [0.4, 0.5) is 10.8 Å². The number of amides is 1. The Morgan fingerprint density at radius 3 is 2.58 bits per heavy atom. The Balaban J connectivity index is 1.43. The Bertz CT molecular complexity index is 1270. The summed E-state index contributed by atoms with van der Waals surface area (Å²) in [6, 6.07) is 12.1. The minimum Gasteiger partial charge on any atom is -0.378 e. The van der Waals surface area contributed by atoms with Gasteiger partial charge in [-0.2, -0.15) is 0 Å². The van der Waals surface area contributed by atoms with E-state index in [1.54, 1.807) is 34.5 Å². The summed E-state index contributed by atoms with van der Waals surface area (Å²) >= 11 is 1.10. The van der Waals surface area contributed by atoms with Crippen molar-refractivity contribution in [2.45, 2.75) is 11.3 Å². The van der Waals surface area contributed by atoms with Gasteiger partial charge in [-0.25, -0.2) is 13.4 Å². The molecule has 0 spiro atoms. The molecule has 172 valence electrons. The first-order valence-corrected chi connectivity index (χ1v) is 12.4. The van der Waals surface area contributed by atoms with Gasteiger partial charge < -0.3 is 9.64 Å². The number of morpholine rings is 1. The summed E-state index contributed by atoms with van der Waals surface area (Å²) in [5.41, 5.74) is 1.71. The zero-order chi connectivity index (χ0) is 23.4. The second-order valence-electron chi connectivity index (χ2n) is 7.25. The van der Waals surface area contributed by atoms with E-state index in [9.17, 15) is 23.3 Å². The highest BCUT2D eigenvalue weighted by atomic mass is 32.2. The van der Waals surface area contributed by atoms with Crippen molar-refractivity contribution in [1.29, 1.82) is 0 Å². The van der Waals surface area contributed by atoms with Crippen molar-refractivity contribution < 1.29 is 22.9 Å². The second-order valence-corrected chi connectivity index (χ2v) is 9.79. The highest BCUT2D eigenvalue weighted by Gasteiger charge is 2.20. The van der Waals surface area contributed by atoms with Crippen LogP contribution in [0.15, 0.2) is 58.8 Å². The summed E-state index contributed by atoms with van der Waals surface area (Å²) in [5.74, 6) is -0.0743. The molecule has 33 heavy (non-hydrogen) atoms. The number of rotatable bonds is 7. The van der Waals surface area contributed by atoms with Gasteiger partial charge in [0, 0.05) is 30.6 Å². The van der Waals surface area contributed by atoms with Gasteiger partial charge in [-0.15, -0.1) is 11.3 Å². The van der Waals surface area contributed by atoms with E-state index in [1.165, 1.54) is 24.3 Å². The number of nitrogens with zero attached hydrogens (tertiary/aromatic N) is 3. The maximum atomic E-state index is 12.7. The molecule has 1 fully saturated rings. The molecule has 1 N–H and O–H groups in total. The third-order valence-corrected chi connectivity index (χ3v) is 7.32. The van der Waals surface area contributed by atoms with E-state index < -0.39 is 14.9 Å². The number of sulfonamides is 1. The average molecular weight is 489 g/mol. The normalized spacial score (nSPS) is 14.1. The molecular weight excluding hydrogens is 468 g/mol. The van der Waals surface area contributed by atoms with E-state index in [-0.39, 0.29) is 28.0 Å². The number of non-ortho nitro benzene ring substituents is 1. The molecule has 4 rings (SSSR count). The molecule has 1 aliphatic heterocycles. The van der Waals surface area contributed by atoms with E-state index >= 15 is 0 Å². The van der Waals surface area contributed by atoms with E-state index in [0.717, 1.165) is 11.3 Å². The van der Waals surface area contributed by atoms with Crippen molar-refractivity contribution in [3.05, 3.63) is 69.7 Å². The molecule has 1 saturated heterocycles. The number of nitrogens with one attached hydrogen (secondary N) is 1. The first kappa shape index (κ1) is 22.8. The lowest BCUT2D eigenvalue weighted by Gasteiger charge is -2.26. The summed E-state index contributed by atoms with van der Waals surface area (Å²) < 4.78 is 33.2. The van der Waals surface area contributed by atoms with Gasteiger partial charge in [-0.1, -0.05) is 24.3 Å². The van der Waals surface area contributed by atoms with Crippen LogP contribution >= 0.6 is 11.3 Å². The summed E-state index contributed by atoms with van der Waals surface area (Å²) in [4.78, 5) is 28.8. The maximum absolute atomic E-state index is 12.7. The van der Waals surface area contributed by atoms with Crippen molar-refractivity contribution >= 4 is 38.1 Å². The zero-order valence-electron chi connectivity index (χ0n) is 17.3. The van der Waals surface area contributed by atoms with Gasteiger partial charge in [0.25, 0.3) is 15.7 Å². The molecule has 12 heteroatoms. The fourth-order valence-electron chi connectivity index (χ4n) is 3.31. The van der Waals surface area contributed by atoms with E-state index in [0.29, 0.717) is 43.1 Å². The number of carbonyl (C=O) groups is 1. The minimum atomic E-state index is -3.89. The van der Waals surface area contributed by atoms with Crippen LogP contribution in [-0.2, 0) is 26.0 Å². The Morgan fingerprint density at radius 1 is 1.15 bits per heavy atom.